The summed E-state index contributed by atoms with van der Waals surface area (Å²) in [6.45, 7) is 2.47. The van der Waals surface area contributed by atoms with Gasteiger partial charge in [0.2, 0.25) is 0 Å². The van der Waals surface area contributed by atoms with Crippen molar-refractivity contribution in [3.63, 3.8) is 0 Å². The average Bonchev–Trinajstić information content (AvgIpc) is 2.76. The molecule has 0 fully saturated rings. The number of aromatic nitrogens is 4. The minimum atomic E-state index is -0.229. The lowest BCUT2D eigenvalue weighted by atomic mass is 10.1. The zero-order valence-electron chi connectivity index (χ0n) is 9.55. The van der Waals surface area contributed by atoms with Crippen molar-refractivity contribution in [3.05, 3.63) is 41.5 Å². The fourth-order valence-corrected chi connectivity index (χ4v) is 1.58. The lowest BCUT2D eigenvalue weighted by Crippen LogP contribution is -2.15. The third-order valence-corrected chi connectivity index (χ3v) is 2.49. The quantitative estimate of drug-likeness (QED) is 0.860. The molecule has 2 N–H and O–H groups in total. The molecule has 2 rings (SSSR count). The molecule has 0 bridgehead atoms. The number of nitrogens with zero attached hydrogens (tertiary/aromatic N) is 4. The van der Waals surface area contributed by atoms with Crippen molar-refractivity contribution in [2.45, 2.75) is 25.9 Å². The summed E-state index contributed by atoms with van der Waals surface area (Å²) in [4.78, 5) is 0. The molecule has 6 heteroatoms. The van der Waals surface area contributed by atoms with Crippen LogP contribution in [0.25, 0.3) is 0 Å². The second kappa shape index (κ2) is 5.01. The zero-order valence-corrected chi connectivity index (χ0v) is 9.55. The molecule has 1 atom stereocenters. The van der Waals surface area contributed by atoms with Crippen LogP contribution in [0.4, 0.5) is 4.39 Å². The molecule has 1 aromatic heterocycles. The van der Waals surface area contributed by atoms with Crippen LogP contribution >= 0.6 is 0 Å². The van der Waals surface area contributed by atoms with E-state index in [1.807, 2.05) is 6.92 Å². The van der Waals surface area contributed by atoms with Crippen LogP contribution in [0, 0.1) is 5.82 Å². The highest BCUT2D eigenvalue weighted by Crippen LogP contribution is 2.07. The molecule has 1 aromatic carbocycles. The van der Waals surface area contributed by atoms with E-state index >= 15 is 0 Å². The highest BCUT2D eigenvalue weighted by molar-refractivity contribution is 5.16. The Morgan fingerprint density at radius 3 is 2.71 bits per heavy atom. The number of halogens is 1. The van der Waals surface area contributed by atoms with Gasteiger partial charge in [0.1, 0.15) is 5.82 Å². The standard InChI is InChI=1S/C11H14FN5/c1-8(13)11-14-15-16-17(11)7-6-9-2-4-10(12)5-3-9/h2-5,8H,6-7,13H2,1H3. The normalized spacial score (nSPS) is 12.6. The second-order valence-corrected chi connectivity index (χ2v) is 3.93. The summed E-state index contributed by atoms with van der Waals surface area (Å²) in [5.41, 5.74) is 6.77. The molecule has 0 aliphatic carbocycles. The van der Waals surface area contributed by atoms with Gasteiger partial charge in [-0.1, -0.05) is 12.1 Å². The topological polar surface area (TPSA) is 69.6 Å². The molecule has 0 amide bonds. The number of hydrogen-bond acceptors (Lipinski definition) is 4. The Bertz CT molecular complexity index is 477. The molecular formula is C11H14FN5. The number of aryl methyl sites for hydroxylation is 2. The van der Waals surface area contributed by atoms with E-state index in [2.05, 4.69) is 15.5 Å². The largest absolute Gasteiger partial charge is 0.322 e. The van der Waals surface area contributed by atoms with Gasteiger partial charge in [0, 0.05) is 6.54 Å². The van der Waals surface area contributed by atoms with E-state index < -0.39 is 0 Å². The number of rotatable bonds is 4. The first-order valence-electron chi connectivity index (χ1n) is 5.43. The summed E-state index contributed by atoms with van der Waals surface area (Å²) in [5, 5.41) is 11.3. The lowest BCUT2D eigenvalue weighted by Gasteiger charge is -2.06. The van der Waals surface area contributed by atoms with Crippen LogP contribution in [0.5, 0.6) is 0 Å². The highest BCUT2D eigenvalue weighted by Gasteiger charge is 2.09. The molecule has 0 aliphatic heterocycles. The van der Waals surface area contributed by atoms with Crippen molar-refractivity contribution < 1.29 is 4.39 Å². The molecule has 1 unspecified atom stereocenters. The minimum absolute atomic E-state index is 0.196. The summed E-state index contributed by atoms with van der Waals surface area (Å²) >= 11 is 0. The maximum atomic E-state index is 12.7. The first-order chi connectivity index (χ1) is 8.16. The Labute approximate surface area is 98.4 Å². The van der Waals surface area contributed by atoms with Gasteiger partial charge >= 0.3 is 0 Å². The van der Waals surface area contributed by atoms with Crippen molar-refractivity contribution in [2.24, 2.45) is 5.73 Å². The zero-order chi connectivity index (χ0) is 12.3. The number of nitrogens with two attached hydrogens (primary N) is 1. The van der Waals surface area contributed by atoms with Gasteiger partial charge in [-0.2, -0.15) is 0 Å². The third kappa shape index (κ3) is 2.85. The molecule has 17 heavy (non-hydrogen) atoms. The first-order valence-corrected chi connectivity index (χ1v) is 5.43. The molecule has 0 radical (unpaired) electrons. The molecule has 5 nitrogen and oxygen atoms in total. The van der Waals surface area contributed by atoms with Gasteiger partial charge in [-0.3, -0.25) is 0 Å². The van der Waals surface area contributed by atoms with Crippen molar-refractivity contribution in [2.75, 3.05) is 0 Å². The summed E-state index contributed by atoms with van der Waals surface area (Å²) < 4.78 is 14.4. The van der Waals surface area contributed by atoms with Crippen LogP contribution in [-0.2, 0) is 13.0 Å². The predicted octanol–water partition coefficient (Wildman–Crippen LogP) is 1.07. The van der Waals surface area contributed by atoms with E-state index in [1.54, 1.807) is 16.8 Å². The molecule has 90 valence electrons. The van der Waals surface area contributed by atoms with Crippen molar-refractivity contribution >= 4 is 0 Å². The van der Waals surface area contributed by atoms with Gasteiger partial charge in [0.25, 0.3) is 0 Å². The van der Waals surface area contributed by atoms with Crippen LogP contribution in [0.3, 0.4) is 0 Å². The Balaban J connectivity index is 2.02. The first kappa shape index (κ1) is 11.7. The number of benzene rings is 1. The number of tetrazole rings is 1. The van der Waals surface area contributed by atoms with Gasteiger partial charge in [0.15, 0.2) is 5.82 Å². The number of hydrogen-bond donors (Lipinski definition) is 1. The van der Waals surface area contributed by atoms with E-state index in [0.29, 0.717) is 12.4 Å². The summed E-state index contributed by atoms with van der Waals surface area (Å²) in [6, 6.07) is 6.21. The van der Waals surface area contributed by atoms with Crippen molar-refractivity contribution in [1.82, 2.24) is 20.2 Å². The van der Waals surface area contributed by atoms with Crippen LogP contribution < -0.4 is 5.73 Å². The summed E-state index contributed by atoms with van der Waals surface area (Å²) in [5.74, 6) is 0.430. The minimum Gasteiger partial charge on any atom is -0.322 e. The average molecular weight is 235 g/mol. The van der Waals surface area contributed by atoms with Gasteiger partial charge in [-0.25, -0.2) is 9.07 Å². The maximum Gasteiger partial charge on any atom is 0.167 e. The molecule has 0 spiro atoms. The van der Waals surface area contributed by atoms with Gasteiger partial charge < -0.3 is 5.73 Å². The third-order valence-electron chi connectivity index (χ3n) is 2.49. The molecule has 0 saturated carbocycles. The van der Waals surface area contributed by atoms with Crippen LogP contribution in [-0.4, -0.2) is 20.2 Å². The monoisotopic (exact) mass is 235 g/mol. The Kier molecular flexibility index (Phi) is 3.43. The fraction of sp³-hybridized carbons (Fsp3) is 0.364. The van der Waals surface area contributed by atoms with E-state index in [9.17, 15) is 4.39 Å². The lowest BCUT2D eigenvalue weighted by molar-refractivity contribution is 0.542. The Morgan fingerprint density at radius 2 is 2.06 bits per heavy atom. The van der Waals surface area contributed by atoms with Gasteiger partial charge in [0.05, 0.1) is 6.04 Å². The predicted molar refractivity (Wildman–Crippen MR) is 60.5 cm³/mol. The molecule has 0 aliphatic rings. The summed E-state index contributed by atoms with van der Waals surface area (Å²) in [6.07, 6.45) is 0.741. The van der Waals surface area contributed by atoms with Crippen molar-refractivity contribution in [1.29, 1.82) is 0 Å². The highest BCUT2D eigenvalue weighted by atomic mass is 19.1. The smallest absolute Gasteiger partial charge is 0.167 e. The Hall–Kier alpha value is -1.82. The Morgan fingerprint density at radius 1 is 1.35 bits per heavy atom. The molecule has 0 saturated heterocycles. The van der Waals surface area contributed by atoms with Crippen molar-refractivity contribution in [3.8, 4) is 0 Å². The fourth-order valence-electron chi connectivity index (χ4n) is 1.58. The van der Waals surface area contributed by atoms with Gasteiger partial charge in [-0.05, 0) is 41.5 Å². The van der Waals surface area contributed by atoms with E-state index in [4.69, 9.17) is 5.73 Å². The van der Waals surface area contributed by atoms with Crippen LogP contribution in [0.2, 0.25) is 0 Å². The van der Waals surface area contributed by atoms with E-state index in [0.717, 1.165) is 12.0 Å². The SMILES string of the molecule is CC(N)c1nnnn1CCc1ccc(F)cc1. The molecule has 2 aromatic rings. The van der Waals surface area contributed by atoms with Crippen LogP contribution in [0.15, 0.2) is 24.3 Å². The molecule has 1 heterocycles. The van der Waals surface area contributed by atoms with E-state index in [1.165, 1.54) is 12.1 Å². The summed E-state index contributed by atoms with van der Waals surface area (Å²) in [7, 11) is 0. The van der Waals surface area contributed by atoms with E-state index in [-0.39, 0.29) is 11.9 Å². The van der Waals surface area contributed by atoms with Crippen LogP contribution in [0.1, 0.15) is 24.4 Å². The second-order valence-electron chi connectivity index (χ2n) is 3.93. The van der Waals surface area contributed by atoms with Gasteiger partial charge in [-0.15, -0.1) is 5.10 Å². The molecular weight excluding hydrogens is 221 g/mol. The maximum absolute atomic E-state index is 12.7.